The van der Waals surface area contributed by atoms with Crippen LogP contribution in [0.3, 0.4) is 0 Å². The van der Waals surface area contributed by atoms with Crippen molar-refractivity contribution >= 4 is 127 Å². The largest absolute Gasteiger partial charge is 0.465 e. The van der Waals surface area contributed by atoms with Gasteiger partial charge in [0.15, 0.2) is 0 Å². The zero-order valence-electron chi connectivity index (χ0n) is 56.2. The maximum Gasteiger partial charge on any atom is 0.328 e. The van der Waals surface area contributed by atoms with Crippen molar-refractivity contribution in [3.05, 3.63) is 182 Å². The number of carbonyl (C=O) groups excluding carboxylic acids is 10. The zero-order chi connectivity index (χ0) is 70.4. The van der Waals surface area contributed by atoms with Gasteiger partial charge >= 0.3 is 23.9 Å². The van der Waals surface area contributed by atoms with Gasteiger partial charge in [-0.05, 0) is 139 Å². The predicted molar refractivity (Wildman–Crippen MR) is 391 cm³/mol. The van der Waals surface area contributed by atoms with Gasteiger partial charge in [0, 0.05) is 37.2 Å². The van der Waals surface area contributed by atoms with E-state index in [1.807, 2.05) is 109 Å². The second-order valence-electron chi connectivity index (χ2n) is 22.7. The standard InChI is InChI=1S/C74H90N6O14P2S2/c1-5-91-69(85)51-75-71(87)63(79-67(83)47-45-61(73(89)93-7-3)77-65(81)43-27-29-49-95(55-31-15-9-16-32-55,56-33-17-10-18-34-56)57-35-19-11-20-36-57)53-97-98-54-64(72(88)76-52-70(86)92-6-2)80-68(84)48-46-62(74(90)94-8-4)78-66(82)44-28-30-50-96(58-37-21-12-22-38-58,59-39-23-13-24-40-59)60-41-25-14-26-42-60/h9-26,31-42,61-64H,5-8,27-30,43-54H2,1-4H3,(H4-2,75,76,77,78,79,80,81,82,83,84,87,88)/p+2/t61-,62-,63-,64-/m0/s1. The summed E-state index contributed by atoms with van der Waals surface area (Å²) in [4.78, 5) is 134. The molecule has 0 radical (unpaired) electrons. The summed E-state index contributed by atoms with van der Waals surface area (Å²) >= 11 is 0. The minimum atomic E-state index is -2.16. The van der Waals surface area contributed by atoms with Gasteiger partial charge in [0.05, 0.1) is 38.8 Å². The lowest BCUT2D eigenvalue weighted by molar-refractivity contribution is -0.148. The van der Waals surface area contributed by atoms with E-state index in [4.69, 9.17) is 18.9 Å². The predicted octanol–water partition coefficient (Wildman–Crippen LogP) is 6.68. The maximum atomic E-state index is 13.8. The van der Waals surface area contributed by atoms with Crippen LogP contribution in [0.4, 0.5) is 0 Å². The molecule has 0 saturated heterocycles. The number of benzene rings is 6. The fourth-order valence-electron chi connectivity index (χ4n) is 11.2. The van der Waals surface area contributed by atoms with Crippen molar-refractivity contribution in [1.82, 2.24) is 31.9 Å². The minimum Gasteiger partial charge on any atom is -0.465 e. The van der Waals surface area contributed by atoms with E-state index in [0.29, 0.717) is 25.7 Å². The summed E-state index contributed by atoms with van der Waals surface area (Å²) in [7, 11) is -2.23. The van der Waals surface area contributed by atoms with Crippen LogP contribution in [0.1, 0.15) is 91.9 Å². The summed E-state index contributed by atoms with van der Waals surface area (Å²) in [5.74, 6) is -6.90. The molecule has 0 aromatic heterocycles. The van der Waals surface area contributed by atoms with Crippen molar-refractivity contribution < 1.29 is 66.9 Å². The normalized spacial score (nSPS) is 12.4. The first-order valence-corrected chi connectivity index (χ1v) is 39.7. The first-order chi connectivity index (χ1) is 47.6. The molecule has 0 unspecified atom stereocenters. The number of nitrogens with one attached hydrogen (secondary N) is 6. The fourth-order valence-corrected chi connectivity index (χ4v) is 22.4. The number of unbranched alkanes of at least 4 members (excludes halogenated alkanes) is 2. The van der Waals surface area contributed by atoms with Crippen molar-refractivity contribution in [2.75, 3.05) is 63.3 Å². The van der Waals surface area contributed by atoms with Gasteiger partial charge in [0.25, 0.3) is 0 Å². The maximum absolute atomic E-state index is 13.8. The molecule has 4 atom stereocenters. The summed E-state index contributed by atoms with van der Waals surface area (Å²) in [6.07, 6.45) is 3.10. The Balaban J connectivity index is 1.06. The summed E-state index contributed by atoms with van der Waals surface area (Å²) in [6.45, 7) is 5.54. The van der Waals surface area contributed by atoms with Crippen LogP contribution in [-0.4, -0.2) is 147 Å². The molecule has 6 amide bonds. The van der Waals surface area contributed by atoms with Crippen LogP contribution in [0, 0.1) is 0 Å². The van der Waals surface area contributed by atoms with Crippen molar-refractivity contribution in [3.8, 4) is 0 Å². The van der Waals surface area contributed by atoms with Crippen LogP contribution >= 0.6 is 36.1 Å². The molecule has 0 aliphatic carbocycles. The Morgan fingerprint density at radius 3 is 0.857 bits per heavy atom. The Morgan fingerprint density at radius 2 is 0.592 bits per heavy atom. The van der Waals surface area contributed by atoms with Gasteiger partial charge in [-0.15, -0.1) is 0 Å². The van der Waals surface area contributed by atoms with Crippen LogP contribution in [-0.2, 0) is 66.9 Å². The fraction of sp³-hybridized carbons (Fsp3) is 0.378. The molecule has 0 saturated carbocycles. The SMILES string of the molecule is CCOC(=O)CNC(=O)[C@H](CSSC[C@H](NC(=O)CC[C@H](NC(=O)CCCC[P+](c1ccccc1)(c1ccccc1)c1ccccc1)C(=O)OCC)C(=O)NCC(=O)OCC)NC(=O)CC[C@H](NC(=O)CCCC[P+](c1ccccc1)(c1ccccc1)c1ccccc1)C(=O)OCC. The number of esters is 4. The third-order valence-corrected chi connectivity index (χ3v) is 27.4. The molecule has 6 aromatic carbocycles. The third-order valence-electron chi connectivity index (χ3n) is 15.9. The molecule has 6 rings (SSSR count). The molecule has 20 nitrogen and oxygen atoms in total. The average molecular weight is 1420 g/mol. The van der Waals surface area contributed by atoms with Crippen molar-refractivity contribution in [2.24, 2.45) is 0 Å². The van der Waals surface area contributed by atoms with E-state index >= 15 is 0 Å². The molecule has 6 N–H and O–H groups in total. The van der Waals surface area contributed by atoms with Crippen molar-refractivity contribution in [1.29, 1.82) is 0 Å². The Hall–Kier alpha value is -8.42. The molecular formula is C74H92N6O14P2S2+2. The molecule has 98 heavy (non-hydrogen) atoms. The second kappa shape index (κ2) is 43.1. The van der Waals surface area contributed by atoms with E-state index < -0.39 is 111 Å². The van der Waals surface area contributed by atoms with E-state index in [0.717, 1.165) is 33.9 Å². The Morgan fingerprint density at radius 1 is 0.337 bits per heavy atom. The first-order valence-electron chi connectivity index (χ1n) is 33.3. The molecule has 6 aromatic rings. The van der Waals surface area contributed by atoms with Crippen LogP contribution in [0.15, 0.2) is 182 Å². The summed E-state index contributed by atoms with van der Waals surface area (Å²) < 4.78 is 20.6. The highest BCUT2D eigenvalue weighted by Gasteiger charge is 2.46. The molecule has 0 heterocycles. The highest BCUT2D eigenvalue weighted by atomic mass is 33.1. The number of ether oxygens (including phenoxy) is 4. The summed E-state index contributed by atoms with van der Waals surface area (Å²) in [5.41, 5.74) is 0. The van der Waals surface area contributed by atoms with Crippen LogP contribution in [0.25, 0.3) is 0 Å². The lowest BCUT2D eigenvalue weighted by Gasteiger charge is -2.27. The molecule has 24 heteroatoms. The van der Waals surface area contributed by atoms with Gasteiger partial charge in [0.1, 0.15) is 83.6 Å². The molecule has 0 aliphatic rings. The molecule has 0 aliphatic heterocycles. The van der Waals surface area contributed by atoms with Crippen molar-refractivity contribution in [2.45, 2.75) is 116 Å². The monoisotopic (exact) mass is 1410 g/mol. The lowest BCUT2D eigenvalue weighted by atomic mass is 10.1. The topological polar surface area (TPSA) is 280 Å². The van der Waals surface area contributed by atoms with Gasteiger partial charge in [-0.1, -0.05) is 131 Å². The lowest BCUT2D eigenvalue weighted by Crippen LogP contribution is -2.50. The number of hydrogen-bond donors (Lipinski definition) is 6. The van der Waals surface area contributed by atoms with Crippen molar-refractivity contribution in [3.63, 3.8) is 0 Å². The highest BCUT2D eigenvalue weighted by molar-refractivity contribution is 8.76. The van der Waals surface area contributed by atoms with Gasteiger partial charge < -0.3 is 50.8 Å². The molecule has 0 spiro atoms. The molecule has 0 bridgehead atoms. The molecule has 0 fully saturated rings. The van der Waals surface area contributed by atoms with Gasteiger partial charge in [0.2, 0.25) is 35.4 Å². The summed E-state index contributed by atoms with van der Waals surface area (Å²) in [5, 5.41) is 23.1. The average Bonchev–Trinajstić information content (AvgIpc) is 0.768. The second-order valence-corrected chi connectivity index (χ2v) is 32.5. The zero-order valence-corrected chi connectivity index (χ0v) is 59.6. The Bertz CT molecular complexity index is 3060. The number of hydrogen-bond acceptors (Lipinski definition) is 16. The highest BCUT2D eigenvalue weighted by Crippen LogP contribution is 2.57. The number of amides is 6. The van der Waals surface area contributed by atoms with E-state index in [1.54, 1.807) is 27.7 Å². The molecular weight excluding hydrogens is 1320 g/mol. The van der Waals surface area contributed by atoms with Gasteiger partial charge in [-0.25, -0.2) is 9.59 Å². The van der Waals surface area contributed by atoms with E-state index in [1.165, 1.54) is 31.8 Å². The number of rotatable bonds is 43. The Labute approximate surface area is 584 Å². The smallest absolute Gasteiger partial charge is 0.328 e. The van der Waals surface area contributed by atoms with E-state index in [2.05, 4.69) is 105 Å². The third kappa shape index (κ3) is 24.8. The van der Waals surface area contributed by atoms with Crippen LogP contribution in [0.5, 0.6) is 0 Å². The van der Waals surface area contributed by atoms with Crippen LogP contribution in [0.2, 0.25) is 0 Å². The van der Waals surface area contributed by atoms with E-state index in [9.17, 15) is 47.9 Å². The van der Waals surface area contributed by atoms with E-state index in [-0.39, 0.29) is 76.5 Å². The van der Waals surface area contributed by atoms with Crippen LogP contribution < -0.4 is 63.7 Å². The van der Waals surface area contributed by atoms with Gasteiger partial charge in [-0.3, -0.25) is 38.4 Å². The number of carbonyl (C=O) groups is 10. The minimum absolute atomic E-state index is 0.0116. The van der Waals surface area contributed by atoms with Gasteiger partial charge in [-0.2, -0.15) is 0 Å². The molecule has 522 valence electrons. The summed E-state index contributed by atoms with van der Waals surface area (Å²) in [6, 6.07) is 57.4. The quantitative estimate of drug-likeness (QED) is 0.00765. The first kappa shape index (κ1) is 78.6. The Kier molecular flexibility index (Phi) is 34.5.